The van der Waals surface area contributed by atoms with E-state index in [2.05, 4.69) is 0 Å². The van der Waals surface area contributed by atoms with E-state index in [4.69, 9.17) is 13.9 Å². The molecule has 1 fully saturated rings. The molecular weight excluding hydrogens is 232 g/mol. The molecule has 0 amide bonds. The van der Waals surface area contributed by atoms with Crippen LogP contribution in [0.15, 0.2) is 51.7 Å². The first kappa shape index (κ1) is 11.0. The van der Waals surface area contributed by atoms with Gasteiger partial charge >= 0.3 is 5.63 Å². The van der Waals surface area contributed by atoms with Crippen molar-refractivity contribution in [2.75, 3.05) is 7.11 Å². The van der Waals surface area contributed by atoms with Gasteiger partial charge < -0.3 is 13.9 Å². The molecule has 2 heterocycles. The number of hydrogen-bond donors (Lipinski definition) is 0. The molecule has 1 aromatic carbocycles. The highest BCUT2D eigenvalue weighted by atomic mass is 16.6. The van der Waals surface area contributed by atoms with Crippen molar-refractivity contribution in [1.29, 1.82) is 0 Å². The van der Waals surface area contributed by atoms with E-state index in [0.29, 0.717) is 11.5 Å². The molecule has 0 radical (unpaired) electrons. The number of methoxy groups -OCH3 is 1. The highest BCUT2D eigenvalue weighted by Crippen LogP contribution is 2.50. The highest BCUT2D eigenvalue weighted by Gasteiger charge is 2.43. The van der Waals surface area contributed by atoms with Gasteiger partial charge in [0.2, 0.25) is 0 Å². The Morgan fingerprint density at radius 3 is 2.61 bits per heavy atom. The van der Waals surface area contributed by atoms with Crippen molar-refractivity contribution >= 4 is 0 Å². The fourth-order valence-corrected chi connectivity index (χ4v) is 1.96. The van der Waals surface area contributed by atoms with E-state index in [1.54, 1.807) is 6.07 Å². The Balaban J connectivity index is 1.86. The zero-order valence-electron chi connectivity index (χ0n) is 9.83. The van der Waals surface area contributed by atoms with Crippen LogP contribution in [0, 0.1) is 0 Å². The summed E-state index contributed by atoms with van der Waals surface area (Å²) in [6.07, 6.45) is -0.239. The van der Waals surface area contributed by atoms with E-state index < -0.39 is 5.63 Å². The van der Waals surface area contributed by atoms with Crippen molar-refractivity contribution in [2.45, 2.75) is 12.2 Å². The Kier molecular flexibility index (Phi) is 2.64. The molecule has 4 heteroatoms. The standard InChI is InChI=1S/C14H12O4/c1-16-10-7-11(17-12(15)8-10)14-13(18-14)9-5-3-2-4-6-9/h2-8,13-14H,1H3/t13-,14-/m1/s1. The summed E-state index contributed by atoms with van der Waals surface area (Å²) >= 11 is 0. The lowest BCUT2D eigenvalue weighted by atomic mass is 10.1. The first-order valence-corrected chi connectivity index (χ1v) is 5.67. The van der Waals surface area contributed by atoms with Gasteiger partial charge in [-0.2, -0.15) is 0 Å². The van der Waals surface area contributed by atoms with Gasteiger partial charge in [0, 0.05) is 6.07 Å². The average Bonchev–Trinajstić information content (AvgIpc) is 3.19. The molecule has 0 saturated carbocycles. The van der Waals surface area contributed by atoms with E-state index in [1.165, 1.54) is 13.2 Å². The lowest BCUT2D eigenvalue weighted by molar-refractivity contribution is 0.332. The average molecular weight is 244 g/mol. The molecule has 0 unspecified atom stereocenters. The van der Waals surface area contributed by atoms with Crippen molar-refractivity contribution in [3.05, 3.63) is 64.2 Å². The third-order valence-corrected chi connectivity index (χ3v) is 2.90. The summed E-state index contributed by atoms with van der Waals surface area (Å²) < 4.78 is 15.7. The monoisotopic (exact) mass is 244 g/mol. The molecular formula is C14H12O4. The van der Waals surface area contributed by atoms with Gasteiger partial charge in [0.15, 0.2) is 0 Å². The van der Waals surface area contributed by atoms with Crippen LogP contribution in [0.3, 0.4) is 0 Å². The molecule has 18 heavy (non-hydrogen) atoms. The molecule has 92 valence electrons. The van der Waals surface area contributed by atoms with E-state index in [0.717, 1.165) is 5.56 Å². The van der Waals surface area contributed by atoms with Crippen LogP contribution in [0.5, 0.6) is 5.75 Å². The van der Waals surface area contributed by atoms with Crippen molar-refractivity contribution in [3.8, 4) is 5.75 Å². The molecule has 2 aromatic rings. The van der Waals surface area contributed by atoms with Crippen LogP contribution in [0.25, 0.3) is 0 Å². The molecule has 0 N–H and O–H groups in total. The third kappa shape index (κ3) is 2.02. The number of hydrogen-bond acceptors (Lipinski definition) is 4. The van der Waals surface area contributed by atoms with Gasteiger partial charge in [-0.3, -0.25) is 0 Å². The molecule has 0 aliphatic carbocycles. The lowest BCUT2D eigenvalue weighted by Crippen LogP contribution is -2.00. The van der Waals surface area contributed by atoms with Gasteiger partial charge in [-0.25, -0.2) is 4.79 Å². The molecule has 1 aromatic heterocycles. The number of epoxide rings is 1. The van der Waals surface area contributed by atoms with E-state index in [9.17, 15) is 4.79 Å². The minimum Gasteiger partial charge on any atom is -0.496 e. The maximum absolute atomic E-state index is 11.3. The van der Waals surface area contributed by atoms with Gasteiger partial charge in [-0.15, -0.1) is 0 Å². The van der Waals surface area contributed by atoms with Crippen LogP contribution < -0.4 is 10.4 Å². The van der Waals surface area contributed by atoms with Crippen molar-refractivity contribution in [1.82, 2.24) is 0 Å². The third-order valence-electron chi connectivity index (χ3n) is 2.90. The SMILES string of the molecule is COc1cc([C@H]2O[C@@H]2c2ccccc2)oc(=O)c1. The van der Waals surface area contributed by atoms with Crippen LogP contribution in [0.1, 0.15) is 23.5 Å². The van der Waals surface area contributed by atoms with Crippen LogP contribution in [0.2, 0.25) is 0 Å². The van der Waals surface area contributed by atoms with Crippen LogP contribution in [-0.2, 0) is 4.74 Å². The summed E-state index contributed by atoms with van der Waals surface area (Å²) in [7, 11) is 1.51. The maximum Gasteiger partial charge on any atom is 0.339 e. The zero-order valence-corrected chi connectivity index (χ0v) is 9.83. The van der Waals surface area contributed by atoms with Gasteiger partial charge in [-0.05, 0) is 5.56 Å². The molecule has 1 saturated heterocycles. The highest BCUT2D eigenvalue weighted by molar-refractivity contribution is 5.29. The molecule has 1 aliphatic rings. The summed E-state index contributed by atoms with van der Waals surface area (Å²) in [4.78, 5) is 11.3. The quantitative estimate of drug-likeness (QED) is 0.778. The fraction of sp³-hybridized carbons (Fsp3) is 0.214. The van der Waals surface area contributed by atoms with E-state index >= 15 is 0 Å². The minimum atomic E-state index is -0.424. The molecule has 0 bridgehead atoms. The number of benzene rings is 1. The summed E-state index contributed by atoms with van der Waals surface area (Å²) in [6, 6.07) is 12.8. The van der Waals surface area contributed by atoms with Crippen LogP contribution in [-0.4, -0.2) is 7.11 Å². The van der Waals surface area contributed by atoms with Crippen LogP contribution >= 0.6 is 0 Å². The predicted octanol–water partition coefficient (Wildman–Crippen LogP) is 2.46. The number of ether oxygens (including phenoxy) is 2. The Bertz CT molecular complexity index is 603. The summed E-state index contributed by atoms with van der Waals surface area (Å²) in [6.45, 7) is 0. The largest absolute Gasteiger partial charge is 0.496 e. The van der Waals surface area contributed by atoms with Gasteiger partial charge in [-0.1, -0.05) is 30.3 Å². The summed E-state index contributed by atoms with van der Waals surface area (Å²) in [5.41, 5.74) is 0.652. The van der Waals surface area contributed by atoms with Crippen molar-refractivity contribution < 1.29 is 13.9 Å². The fourth-order valence-electron chi connectivity index (χ4n) is 1.96. The number of rotatable bonds is 3. The molecule has 3 rings (SSSR count). The zero-order chi connectivity index (χ0) is 12.5. The lowest BCUT2D eigenvalue weighted by Gasteiger charge is -2.00. The second-order valence-corrected chi connectivity index (χ2v) is 4.11. The van der Waals surface area contributed by atoms with Crippen molar-refractivity contribution in [3.63, 3.8) is 0 Å². The molecule has 2 atom stereocenters. The predicted molar refractivity (Wildman–Crippen MR) is 64.5 cm³/mol. The summed E-state index contributed by atoms with van der Waals surface area (Å²) in [5, 5.41) is 0. The Hall–Kier alpha value is -2.07. The van der Waals surface area contributed by atoms with Gasteiger partial charge in [0.05, 0.1) is 13.2 Å². The second-order valence-electron chi connectivity index (χ2n) is 4.11. The van der Waals surface area contributed by atoms with Crippen LogP contribution in [0.4, 0.5) is 0 Å². The Labute approximate surface area is 104 Å². The first-order valence-electron chi connectivity index (χ1n) is 5.67. The summed E-state index contributed by atoms with van der Waals surface area (Å²) in [5.74, 6) is 0.997. The topological polar surface area (TPSA) is 52.0 Å². The molecule has 1 aliphatic heterocycles. The maximum atomic E-state index is 11.3. The Morgan fingerprint density at radius 1 is 1.11 bits per heavy atom. The van der Waals surface area contributed by atoms with Gasteiger partial charge in [0.1, 0.15) is 23.7 Å². The Morgan fingerprint density at radius 2 is 1.89 bits per heavy atom. The minimum absolute atomic E-state index is 0.0403. The van der Waals surface area contributed by atoms with E-state index in [1.807, 2.05) is 30.3 Å². The smallest absolute Gasteiger partial charge is 0.339 e. The van der Waals surface area contributed by atoms with E-state index in [-0.39, 0.29) is 12.2 Å². The molecule has 4 nitrogen and oxygen atoms in total. The first-order chi connectivity index (χ1) is 8.78. The normalized spacial score (nSPS) is 21.6. The van der Waals surface area contributed by atoms with Gasteiger partial charge in [0.25, 0.3) is 0 Å². The molecule has 0 spiro atoms. The second kappa shape index (κ2) is 4.31. The van der Waals surface area contributed by atoms with Crippen molar-refractivity contribution in [2.24, 2.45) is 0 Å².